The molecule has 102 valence electrons. The van der Waals surface area contributed by atoms with E-state index in [4.69, 9.17) is 4.74 Å². The Balaban J connectivity index is 0.00000289. The van der Waals surface area contributed by atoms with Crippen LogP contribution < -0.4 is 15.4 Å². The normalized spacial score (nSPS) is 11.3. The van der Waals surface area contributed by atoms with Gasteiger partial charge in [-0.2, -0.15) is 0 Å². The molecule has 1 unspecified atom stereocenters. The first-order valence-electron chi connectivity index (χ1n) is 5.75. The predicted molar refractivity (Wildman–Crippen MR) is 75.5 cm³/mol. The number of benzene rings is 1. The number of ether oxygens (including phenoxy) is 1. The van der Waals surface area contributed by atoms with Gasteiger partial charge < -0.3 is 15.4 Å². The Morgan fingerprint density at radius 2 is 2.17 bits per heavy atom. The van der Waals surface area contributed by atoms with E-state index >= 15 is 0 Å². The Labute approximate surface area is 115 Å². The van der Waals surface area contributed by atoms with E-state index in [1.165, 1.54) is 0 Å². The van der Waals surface area contributed by atoms with Crippen molar-refractivity contribution < 1.29 is 9.53 Å². The molecule has 0 spiro atoms. The van der Waals surface area contributed by atoms with Crippen molar-refractivity contribution >= 4 is 18.3 Å². The lowest BCUT2D eigenvalue weighted by atomic mass is 10.2. The standard InChI is InChI=1S/C13H20N2O2.ClH/c1-10-5-4-6-12(7-10)17-9-11(2)15-13(16)8-14-3;/h4-7,11,14H,8-9H2,1-3H3,(H,15,16);1H. The van der Waals surface area contributed by atoms with Gasteiger partial charge in [-0.3, -0.25) is 4.79 Å². The van der Waals surface area contributed by atoms with Crippen LogP contribution in [0.3, 0.4) is 0 Å². The number of rotatable bonds is 6. The minimum absolute atomic E-state index is 0. The first-order valence-corrected chi connectivity index (χ1v) is 5.75. The van der Waals surface area contributed by atoms with E-state index in [2.05, 4.69) is 10.6 Å². The van der Waals surface area contributed by atoms with Gasteiger partial charge in [-0.25, -0.2) is 0 Å². The summed E-state index contributed by atoms with van der Waals surface area (Å²) in [6.45, 7) is 4.74. The molecule has 0 radical (unpaired) electrons. The maximum atomic E-state index is 11.3. The molecule has 0 heterocycles. The number of carbonyl (C=O) groups is 1. The molecule has 1 atom stereocenters. The minimum atomic E-state index is -0.0205. The first-order chi connectivity index (χ1) is 8.11. The summed E-state index contributed by atoms with van der Waals surface area (Å²) in [5.74, 6) is 0.813. The van der Waals surface area contributed by atoms with Gasteiger partial charge in [-0.15, -0.1) is 12.4 Å². The fraction of sp³-hybridized carbons (Fsp3) is 0.462. The Hall–Kier alpha value is -1.26. The molecular weight excluding hydrogens is 252 g/mol. The van der Waals surface area contributed by atoms with Crippen LogP contribution in [0.2, 0.25) is 0 Å². The minimum Gasteiger partial charge on any atom is -0.491 e. The van der Waals surface area contributed by atoms with E-state index < -0.39 is 0 Å². The van der Waals surface area contributed by atoms with E-state index in [9.17, 15) is 4.79 Å². The van der Waals surface area contributed by atoms with E-state index in [-0.39, 0.29) is 24.4 Å². The van der Waals surface area contributed by atoms with Crippen LogP contribution in [0, 0.1) is 6.92 Å². The second kappa shape index (κ2) is 8.78. The molecule has 18 heavy (non-hydrogen) atoms. The second-order valence-corrected chi connectivity index (χ2v) is 4.13. The van der Waals surface area contributed by atoms with Gasteiger partial charge in [0.1, 0.15) is 12.4 Å². The Morgan fingerprint density at radius 1 is 1.44 bits per heavy atom. The molecule has 4 nitrogen and oxygen atoms in total. The van der Waals surface area contributed by atoms with Gasteiger partial charge in [0.25, 0.3) is 0 Å². The number of amides is 1. The van der Waals surface area contributed by atoms with Crippen molar-refractivity contribution in [2.45, 2.75) is 19.9 Å². The molecule has 0 bridgehead atoms. The van der Waals surface area contributed by atoms with Gasteiger partial charge in [0.15, 0.2) is 0 Å². The monoisotopic (exact) mass is 272 g/mol. The van der Waals surface area contributed by atoms with Gasteiger partial charge in [0.05, 0.1) is 12.6 Å². The third-order valence-corrected chi connectivity index (χ3v) is 2.23. The predicted octanol–water partition coefficient (Wildman–Crippen LogP) is 1.52. The molecule has 0 aliphatic heterocycles. The fourth-order valence-corrected chi connectivity index (χ4v) is 1.45. The maximum Gasteiger partial charge on any atom is 0.234 e. The molecule has 5 heteroatoms. The zero-order valence-electron chi connectivity index (χ0n) is 11.0. The maximum absolute atomic E-state index is 11.3. The van der Waals surface area contributed by atoms with Crippen LogP contribution in [0.15, 0.2) is 24.3 Å². The third kappa shape index (κ3) is 6.47. The largest absolute Gasteiger partial charge is 0.491 e. The molecule has 1 rings (SSSR count). The van der Waals surface area contributed by atoms with Gasteiger partial charge in [-0.1, -0.05) is 12.1 Å². The Morgan fingerprint density at radius 3 is 2.78 bits per heavy atom. The van der Waals surface area contributed by atoms with Crippen molar-refractivity contribution in [1.29, 1.82) is 0 Å². The molecular formula is C13H21ClN2O2. The summed E-state index contributed by atoms with van der Waals surface area (Å²) in [7, 11) is 1.74. The lowest BCUT2D eigenvalue weighted by Crippen LogP contribution is -2.40. The summed E-state index contributed by atoms with van der Waals surface area (Å²) in [6, 6.07) is 7.85. The zero-order valence-corrected chi connectivity index (χ0v) is 11.8. The highest BCUT2D eigenvalue weighted by atomic mass is 35.5. The second-order valence-electron chi connectivity index (χ2n) is 4.13. The topological polar surface area (TPSA) is 50.4 Å². The van der Waals surface area contributed by atoms with Crippen molar-refractivity contribution in [3.63, 3.8) is 0 Å². The highest BCUT2D eigenvalue weighted by Gasteiger charge is 2.06. The quantitative estimate of drug-likeness (QED) is 0.826. The zero-order chi connectivity index (χ0) is 12.7. The lowest BCUT2D eigenvalue weighted by molar-refractivity contribution is -0.120. The SMILES string of the molecule is CNCC(=O)NC(C)COc1cccc(C)c1.Cl. The average Bonchev–Trinajstić information content (AvgIpc) is 2.27. The van der Waals surface area contributed by atoms with Crippen LogP contribution in [0.5, 0.6) is 5.75 Å². The number of carbonyl (C=O) groups excluding carboxylic acids is 1. The van der Waals surface area contributed by atoms with Gasteiger partial charge in [-0.05, 0) is 38.6 Å². The molecule has 0 aromatic heterocycles. The summed E-state index contributed by atoms with van der Waals surface area (Å²) < 4.78 is 5.59. The van der Waals surface area contributed by atoms with Crippen molar-refractivity contribution in [2.75, 3.05) is 20.2 Å². The molecule has 0 aliphatic rings. The van der Waals surface area contributed by atoms with Crippen LogP contribution in [-0.2, 0) is 4.79 Å². The molecule has 1 amide bonds. The summed E-state index contributed by atoms with van der Waals surface area (Å²) >= 11 is 0. The summed E-state index contributed by atoms with van der Waals surface area (Å²) in [6.07, 6.45) is 0. The van der Waals surface area contributed by atoms with E-state index in [0.717, 1.165) is 11.3 Å². The van der Waals surface area contributed by atoms with Crippen molar-refractivity contribution in [2.24, 2.45) is 0 Å². The van der Waals surface area contributed by atoms with Gasteiger partial charge in [0, 0.05) is 0 Å². The summed E-state index contributed by atoms with van der Waals surface area (Å²) in [5, 5.41) is 5.64. The van der Waals surface area contributed by atoms with Gasteiger partial charge in [0.2, 0.25) is 5.91 Å². The number of nitrogens with one attached hydrogen (secondary N) is 2. The van der Waals surface area contributed by atoms with Crippen molar-refractivity contribution in [1.82, 2.24) is 10.6 Å². The van der Waals surface area contributed by atoms with Gasteiger partial charge >= 0.3 is 0 Å². The number of hydrogen-bond acceptors (Lipinski definition) is 3. The van der Waals surface area contributed by atoms with E-state index in [1.807, 2.05) is 38.1 Å². The lowest BCUT2D eigenvalue weighted by Gasteiger charge is -2.15. The molecule has 0 aliphatic carbocycles. The molecule has 0 saturated carbocycles. The van der Waals surface area contributed by atoms with Crippen LogP contribution in [-0.4, -0.2) is 32.1 Å². The van der Waals surface area contributed by atoms with E-state index in [0.29, 0.717) is 13.2 Å². The highest BCUT2D eigenvalue weighted by Crippen LogP contribution is 2.12. The number of likely N-dealkylation sites (N-methyl/N-ethyl adjacent to an activating group) is 1. The molecule has 2 N–H and O–H groups in total. The highest BCUT2D eigenvalue weighted by molar-refractivity contribution is 5.85. The fourth-order valence-electron chi connectivity index (χ4n) is 1.45. The molecule has 0 saturated heterocycles. The molecule has 1 aromatic rings. The number of hydrogen-bond donors (Lipinski definition) is 2. The average molecular weight is 273 g/mol. The smallest absolute Gasteiger partial charge is 0.234 e. The van der Waals surface area contributed by atoms with Crippen LogP contribution in [0.1, 0.15) is 12.5 Å². The van der Waals surface area contributed by atoms with E-state index in [1.54, 1.807) is 7.05 Å². The molecule has 0 fully saturated rings. The Kier molecular flexibility index (Phi) is 8.16. The van der Waals surface area contributed by atoms with Crippen molar-refractivity contribution in [3.8, 4) is 5.75 Å². The summed E-state index contributed by atoms with van der Waals surface area (Å²) in [5.41, 5.74) is 1.16. The van der Waals surface area contributed by atoms with Crippen LogP contribution >= 0.6 is 12.4 Å². The first kappa shape index (κ1) is 16.7. The third-order valence-electron chi connectivity index (χ3n) is 2.23. The Bertz CT molecular complexity index is 372. The number of halogens is 1. The molecule has 1 aromatic carbocycles. The van der Waals surface area contributed by atoms with Crippen LogP contribution in [0.4, 0.5) is 0 Å². The van der Waals surface area contributed by atoms with Crippen LogP contribution in [0.25, 0.3) is 0 Å². The number of aryl methyl sites for hydroxylation is 1. The summed E-state index contributed by atoms with van der Waals surface area (Å²) in [4.78, 5) is 11.3. The van der Waals surface area contributed by atoms with Crippen molar-refractivity contribution in [3.05, 3.63) is 29.8 Å².